The maximum absolute atomic E-state index is 10.6. The highest BCUT2D eigenvalue weighted by Gasteiger charge is 2.41. The molecule has 1 aromatic carbocycles. The summed E-state index contributed by atoms with van der Waals surface area (Å²) in [6, 6.07) is 8.46. The van der Waals surface area contributed by atoms with Crippen LogP contribution in [0.5, 0.6) is 0 Å². The normalized spacial score (nSPS) is 24.4. The first-order valence-electron chi connectivity index (χ1n) is 7.35. The minimum Gasteiger partial charge on any atom is -0.481 e. The van der Waals surface area contributed by atoms with Crippen LogP contribution in [0.2, 0.25) is 0 Å². The summed E-state index contributed by atoms with van der Waals surface area (Å²) in [7, 11) is 0. The van der Waals surface area contributed by atoms with Gasteiger partial charge in [0.15, 0.2) is 0 Å². The zero-order valence-corrected chi connectivity index (χ0v) is 13.4. The lowest BCUT2D eigenvalue weighted by atomic mass is 9.88. The number of aliphatic carboxylic acids is 1. The van der Waals surface area contributed by atoms with Crippen LogP contribution >= 0.6 is 11.8 Å². The number of anilines is 1. The van der Waals surface area contributed by atoms with Crippen LogP contribution in [-0.4, -0.2) is 41.3 Å². The van der Waals surface area contributed by atoms with E-state index in [1.165, 1.54) is 0 Å². The molecule has 4 nitrogen and oxygen atoms in total. The summed E-state index contributed by atoms with van der Waals surface area (Å²) in [4.78, 5) is 10.6. The maximum atomic E-state index is 10.6. The van der Waals surface area contributed by atoms with Crippen LogP contribution in [0.25, 0.3) is 0 Å². The number of carboxylic acids is 1. The molecule has 1 aromatic rings. The van der Waals surface area contributed by atoms with E-state index < -0.39 is 5.97 Å². The Morgan fingerprint density at radius 2 is 2.33 bits per heavy atom. The quantitative estimate of drug-likeness (QED) is 0.773. The van der Waals surface area contributed by atoms with Gasteiger partial charge in [-0.15, -0.1) is 0 Å². The summed E-state index contributed by atoms with van der Waals surface area (Å²) < 4.78 is 5.71. The van der Waals surface area contributed by atoms with Crippen molar-refractivity contribution in [2.75, 3.05) is 18.2 Å². The van der Waals surface area contributed by atoms with Crippen molar-refractivity contribution >= 4 is 23.4 Å². The second-order valence-corrected chi connectivity index (χ2v) is 6.29. The van der Waals surface area contributed by atoms with Crippen molar-refractivity contribution < 1.29 is 14.6 Å². The number of thioether (sulfide) groups is 1. The maximum Gasteiger partial charge on any atom is 0.303 e. The predicted molar refractivity (Wildman–Crippen MR) is 87.1 cm³/mol. The molecule has 5 heteroatoms. The number of hydrogen-bond donors (Lipinski definition) is 2. The van der Waals surface area contributed by atoms with Gasteiger partial charge in [-0.25, -0.2) is 0 Å². The molecule has 21 heavy (non-hydrogen) atoms. The number of aryl methyl sites for hydroxylation is 1. The zero-order valence-electron chi connectivity index (χ0n) is 12.5. The third-order valence-corrected chi connectivity index (χ3v) is 4.99. The first kappa shape index (κ1) is 16.2. The number of rotatable bonds is 8. The van der Waals surface area contributed by atoms with Gasteiger partial charge in [-0.2, -0.15) is 11.8 Å². The van der Waals surface area contributed by atoms with Gasteiger partial charge in [-0.3, -0.25) is 4.79 Å². The van der Waals surface area contributed by atoms with E-state index in [9.17, 15) is 4.79 Å². The fourth-order valence-corrected chi connectivity index (χ4v) is 3.70. The van der Waals surface area contributed by atoms with Crippen LogP contribution in [-0.2, 0) is 16.0 Å². The number of carbonyl (C=O) groups is 1. The molecule has 2 N–H and O–H groups in total. The highest BCUT2D eigenvalue weighted by atomic mass is 32.2. The molecule has 2 rings (SSSR count). The van der Waals surface area contributed by atoms with E-state index in [0.717, 1.165) is 24.3 Å². The molecule has 0 amide bonds. The molecule has 0 aromatic heterocycles. The molecular formula is C16H23NO3S. The van der Waals surface area contributed by atoms with Crippen molar-refractivity contribution in [1.82, 2.24) is 0 Å². The van der Waals surface area contributed by atoms with Gasteiger partial charge in [-0.05, 0) is 43.7 Å². The monoisotopic (exact) mass is 309 g/mol. The van der Waals surface area contributed by atoms with Crippen LogP contribution in [0.4, 0.5) is 5.69 Å². The van der Waals surface area contributed by atoms with Crippen LogP contribution in [0.15, 0.2) is 24.3 Å². The van der Waals surface area contributed by atoms with E-state index >= 15 is 0 Å². The lowest BCUT2D eigenvalue weighted by Crippen LogP contribution is -2.53. The lowest BCUT2D eigenvalue weighted by Gasteiger charge is -2.44. The molecule has 0 heterocycles. The highest BCUT2D eigenvalue weighted by molar-refractivity contribution is 7.99. The van der Waals surface area contributed by atoms with Crippen molar-refractivity contribution in [2.45, 2.75) is 43.6 Å². The smallest absolute Gasteiger partial charge is 0.303 e. The Labute approximate surface area is 130 Å². The summed E-state index contributed by atoms with van der Waals surface area (Å²) in [6.45, 7) is 2.79. The van der Waals surface area contributed by atoms with Crippen molar-refractivity contribution in [2.24, 2.45) is 0 Å². The van der Waals surface area contributed by atoms with Crippen LogP contribution in [0.1, 0.15) is 25.3 Å². The molecule has 3 atom stereocenters. The first-order chi connectivity index (χ1) is 10.1. The molecule has 0 saturated heterocycles. The van der Waals surface area contributed by atoms with Gasteiger partial charge in [0.2, 0.25) is 0 Å². The summed E-state index contributed by atoms with van der Waals surface area (Å²) in [5.41, 5.74) is 2.13. The summed E-state index contributed by atoms with van der Waals surface area (Å²) in [5, 5.41) is 12.8. The van der Waals surface area contributed by atoms with Crippen LogP contribution in [0, 0.1) is 0 Å². The fourth-order valence-electron chi connectivity index (χ4n) is 2.70. The molecule has 0 bridgehead atoms. The molecule has 1 aliphatic rings. The Morgan fingerprint density at radius 3 is 3.00 bits per heavy atom. The van der Waals surface area contributed by atoms with Gasteiger partial charge in [0.25, 0.3) is 0 Å². The fraction of sp³-hybridized carbons (Fsp3) is 0.562. The Hall–Kier alpha value is -1.20. The number of ether oxygens (including phenoxy) is 1. The lowest BCUT2D eigenvalue weighted by molar-refractivity contribution is -0.136. The second kappa shape index (κ2) is 7.71. The molecule has 1 aliphatic carbocycles. The Balaban J connectivity index is 1.91. The largest absolute Gasteiger partial charge is 0.481 e. The molecule has 0 spiro atoms. The molecule has 1 fully saturated rings. The standard InChI is InChI=1S/C16H23NO3S/c1-3-20-14-10-13(16(14)21-2)17-12-6-4-5-11(9-12)7-8-15(18)19/h4-6,9,13-14,16-17H,3,7-8,10H2,1-2H3,(H,18,19). The van der Waals surface area contributed by atoms with Gasteiger partial charge in [-0.1, -0.05) is 12.1 Å². The van der Waals surface area contributed by atoms with E-state index in [-0.39, 0.29) is 6.42 Å². The van der Waals surface area contributed by atoms with E-state index in [1.807, 2.05) is 43.0 Å². The molecule has 116 valence electrons. The van der Waals surface area contributed by atoms with E-state index in [1.54, 1.807) is 0 Å². The van der Waals surface area contributed by atoms with Crippen molar-refractivity contribution in [3.05, 3.63) is 29.8 Å². The zero-order chi connectivity index (χ0) is 15.2. The number of carboxylic acid groups (broad SMARTS) is 1. The number of benzene rings is 1. The van der Waals surface area contributed by atoms with Gasteiger partial charge < -0.3 is 15.2 Å². The first-order valence-corrected chi connectivity index (χ1v) is 8.64. The molecule has 0 radical (unpaired) electrons. The Kier molecular flexibility index (Phi) is 5.94. The SMILES string of the molecule is CCOC1CC(Nc2cccc(CCC(=O)O)c2)C1SC. The van der Waals surface area contributed by atoms with Crippen LogP contribution in [0.3, 0.4) is 0 Å². The van der Waals surface area contributed by atoms with Gasteiger partial charge >= 0.3 is 5.97 Å². The minimum absolute atomic E-state index is 0.173. The van der Waals surface area contributed by atoms with E-state index in [2.05, 4.69) is 11.6 Å². The molecular weight excluding hydrogens is 286 g/mol. The Bertz CT molecular complexity index is 480. The number of nitrogens with one attached hydrogen (secondary N) is 1. The third kappa shape index (κ3) is 4.38. The molecule has 0 aliphatic heterocycles. The topological polar surface area (TPSA) is 58.6 Å². The second-order valence-electron chi connectivity index (χ2n) is 5.27. The van der Waals surface area contributed by atoms with Crippen molar-refractivity contribution in [3.63, 3.8) is 0 Å². The summed E-state index contributed by atoms with van der Waals surface area (Å²) >= 11 is 1.84. The van der Waals surface area contributed by atoms with Crippen LogP contribution < -0.4 is 5.32 Å². The third-order valence-electron chi connectivity index (χ3n) is 3.81. The number of hydrogen-bond acceptors (Lipinski definition) is 4. The summed E-state index contributed by atoms with van der Waals surface area (Å²) in [6.07, 6.45) is 4.24. The average molecular weight is 309 g/mol. The van der Waals surface area contributed by atoms with Crippen molar-refractivity contribution in [3.8, 4) is 0 Å². The van der Waals surface area contributed by atoms with Gasteiger partial charge in [0.1, 0.15) is 0 Å². The minimum atomic E-state index is -0.755. The Morgan fingerprint density at radius 1 is 1.52 bits per heavy atom. The highest BCUT2D eigenvalue weighted by Crippen LogP contribution is 2.35. The average Bonchev–Trinajstić information content (AvgIpc) is 2.45. The van der Waals surface area contributed by atoms with E-state index in [4.69, 9.17) is 9.84 Å². The summed E-state index contributed by atoms with van der Waals surface area (Å²) in [5.74, 6) is -0.755. The molecule has 1 saturated carbocycles. The van der Waals surface area contributed by atoms with E-state index in [0.29, 0.717) is 23.8 Å². The van der Waals surface area contributed by atoms with Crippen molar-refractivity contribution in [1.29, 1.82) is 0 Å². The van der Waals surface area contributed by atoms with Gasteiger partial charge in [0, 0.05) is 24.8 Å². The van der Waals surface area contributed by atoms with Gasteiger partial charge in [0.05, 0.1) is 11.4 Å². The molecule has 3 unspecified atom stereocenters. The predicted octanol–water partition coefficient (Wildman–Crippen LogP) is 3.02.